The number of aromatic nitrogens is 2. The lowest BCUT2D eigenvalue weighted by molar-refractivity contribution is 0.499. The Bertz CT molecular complexity index is 701. The number of nitrogens with one attached hydrogen (secondary N) is 1. The van der Waals surface area contributed by atoms with Crippen LogP contribution in [-0.2, 0) is 22.5 Å². The molecule has 0 saturated carbocycles. The summed E-state index contributed by atoms with van der Waals surface area (Å²) in [6, 6.07) is 9.76. The first-order valence-electron chi connectivity index (χ1n) is 6.56. The highest BCUT2D eigenvalue weighted by atomic mass is 32.2. The van der Waals surface area contributed by atoms with Gasteiger partial charge >= 0.3 is 0 Å². The van der Waals surface area contributed by atoms with Gasteiger partial charge in [-0.1, -0.05) is 44.2 Å². The molecule has 0 saturated heterocycles. The molecule has 1 aromatic carbocycles. The maximum atomic E-state index is 12.4. The highest BCUT2D eigenvalue weighted by Crippen LogP contribution is 2.23. The number of hydrogen-bond donors (Lipinski definition) is 2. The van der Waals surface area contributed by atoms with Crippen molar-refractivity contribution >= 4 is 15.8 Å². The number of rotatable bonds is 5. The summed E-state index contributed by atoms with van der Waals surface area (Å²) in [5.74, 6) is 0.00233. The molecule has 7 heteroatoms. The standard InChI is InChI=1S/C14H20N4O2S/c1-14(2,11-7-5-4-6-8-11)9-17-21(19,20)13-12(15)16-10-18(13)3/h4-8,10,17H,9,15H2,1-3H3. The van der Waals surface area contributed by atoms with Crippen molar-refractivity contribution in [2.24, 2.45) is 7.05 Å². The summed E-state index contributed by atoms with van der Waals surface area (Å²) in [6.07, 6.45) is 1.38. The van der Waals surface area contributed by atoms with Gasteiger partial charge in [-0.05, 0) is 5.56 Å². The van der Waals surface area contributed by atoms with Crippen molar-refractivity contribution in [2.75, 3.05) is 12.3 Å². The molecule has 21 heavy (non-hydrogen) atoms. The molecule has 0 amide bonds. The predicted octanol–water partition coefficient (Wildman–Crippen LogP) is 1.26. The van der Waals surface area contributed by atoms with Gasteiger partial charge < -0.3 is 10.3 Å². The van der Waals surface area contributed by atoms with Gasteiger partial charge in [0.15, 0.2) is 10.8 Å². The van der Waals surface area contributed by atoms with Gasteiger partial charge in [-0.25, -0.2) is 18.1 Å². The molecular formula is C14H20N4O2S. The van der Waals surface area contributed by atoms with Gasteiger partial charge in [0.2, 0.25) is 0 Å². The number of benzene rings is 1. The Labute approximate surface area is 125 Å². The molecule has 3 N–H and O–H groups in total. The summed E-state index contributed by atoms with van der Waals surface area (Å²) in [7, 11) is -2.10. The Balaban J connectivity index is 2.20. The highest BCUT2D eigenvalue weighted by Gasteiger charge is 2.27. The van der Waals surface area contributed by atoms with Gasteiger partial charge in [0, 0.05) is 19.0 Å². The Morgan fingerprint density at radius 2 is 1.90 bits per heavy atom. The molecule has 1 aromatic heterocycles. The van der Waals surface area contributed by atoms with Crippen LogP contribution in [0.1, 0.15) is 19.4 Å². The van der Waals surface area contributed by atoms with Crippen LogP contribution < -0.4 is 10.5 Å². The van der Waals surface area contributed by atoms with E-state index in [-0.39, 0.29) is 22.8 Å². The average Bonchev–Trinajstić information content (AvgIpc) is 2.78. The highest BCUT2D eigenvalue weighted by molar-refractivity contribution is 7.89. The molecule has 1 heterocycles. The Morgan fingerprint density at radius 3 is 2.43 bits per heavy atom. The van der Waals surface area contributed by atoms with E-state index < -0.39 is 10.0 Å². The number of imidazole rings is 1. The topological polar surface area (TPSA) is 90.0 Å². The first-order valence-corrected chi connectivity index (χ1v) is 8.04. The largest absolute Gasteiger partial charge is 0.381 e. The van der Waals surface area contributed by atoms with Crippen LogP contribution in [0.3, 0.4) is 0 Å². The fourth-order valence-electron chi connectivity index (χ4n) is 2.10. The molecule has 0 fully saturated rings. The molecule has 0 aliphatic heterocycles. The van der Waals surface area contributed by atoms with E-state index in [1.165, 1.54) is 10.9 Å². The second-order valence-corrected chi connectivity index (χ2v) is 7.30. The third-order valence-corrected chi connectivity index (χ3v) is 4.95. The first kappa shape index (κ1) is 15.5. The van der Waals surface area contributed by atoms with E-state index in [9.17, 15) is 8.42 Å². The summed E-state index contributed by atoms with van der Waals surface area (Å²) in [5.41, 5.74) is 6.36. The van der Waals surface area contributed by atoms with Crippen LogP contribution in [0.4, 0.5) is 5.82 Å². The molecule has 0 unspecified atom stereocenters. The number of nitrogen functional groups attached to an aromatic ring is 1. The van der Waals surface area contributed by atoms with Crippen LogP contribution in [0.15, 0.2) is 41.7 Å². The summed E-state index contributed by atoms with van der Waals surface area (Å²) < 4.78 is 28.7. The maximum absolute atomic E-state index is 12.4. The average molecular weight is 308 g/mol. The number of sulfonamides is 1. The Kier molecular flexibility index (Phi) is 4.06. The van der Waals surface area contributed by atoms with Crippen molar-refractivity contribution in [3.8, 4) is 0 Å². The van der Waals surface area contributed by atoms with Gasteiger partial charge in [0.1, 0.15) is 0 Å². The summed E-state index contributed by atoms with van der Waals surface area (Å²) >= 11 is 0. The zero-order valence-electron chi connectivity index (χ0n) is 12.4. The fourth-order valence-corrected chi connectivity index (χ4v) is 3.54. The van der Waals surface area contributed by atoms with Gasteiger partial charge in [0.25, 0.3) is 10.0 Å². The third kappa shape index (κ3) is 3.25. The van der Waals surface area contributed by atoms with E-state index in [1.807, 2.05) is 44.2 Å². The van der Waals surface area contributed by atoms with Crippen LogP contribution in [-0.4, -0.2) is 24.5 Å². The molecule has 2 aromatic rings. The molecule has 0 radical (unpaired) electrons. The molecule has 6 nitrogen and oxygen atoms in total. The number of anilines is 1. The smallest absolute Gasteiger partial charge is 0.260 e. The number of aryl methyl sites for hydroxylation is 1. The molecular weight excluding hydrogens is 288 g/mol. The van der Waals surface area contributed by atoms with Gasteiger partial charge in [0.05, 0.1) is 6.33 Å². The van der Waals surface area contributed by atoms with Crippen LogP contribution in [0.2, 0.25) is 0 Å². The SMILES string of the molecule is Cn1cnc(N)c1S(=O)(=O)NCC(C)(C)c1ccccc1. The van der Waals surface area contributed by atoms with Gasteiger partial charge in [-0.15, -0.1) is 0 Å². The molecule has 0 spiro atoms. The van der Waals surface area contributed by atoms with Gasteiger partial charge in [-0.2, -0.15) is 0 Å². The van der Waals surface area contributed by atoms with Crippen LogP contribution in [0.5, 0.6) is 0 Å². The van der Waals surface area contributed by atoms with E-state index >= 15 is 0 Å². The lowest BCUT2D eigenvalue weighted by Gasteiger charge is -2.25. The number of hydrogen-bond acceptors (Lipinski definition) is 4. The molecule has 0 aliphatic carbocycles. The van der Waals surface area contributed by atoms with Crippen molar-refractivity contribution in [3.63, 3.8) is 0 Å². The monoisotopic (exact) mass is 308 g/mol. The normalized spacial score (nSPS) is 12.5. The molecule has 2 rings (SSSR count). The van der Waals surface area contributed by atoms with Crippen molar-refractivity contribution in [1.29, 1.82) is 0 Å². The zero-order chi connectivity index (χ0) is 15.7. The summed E-state index contributed by atoms with van der Waals surface area (Å²) in [6.45, 7) is 4.23. The van der Waals surface area contributed by atoms with Crippen molar-refractivity contribution in [3.05, 3.63) is 42.2 Å². The minimum Gasteiger partial charge on any atom is -0.381 e. The maximum Gasteiger partial charge on any atom is 0.260 e. The van der Waals surface area contributed by atoms with Crippen molar-refractivity contribution in [2.45, 2.75) is 24.3 Å². The van der Waals surface area contributed by atoms with Gasteiger partial charge in [-0.3, -0.25) is 0 Å². The lowest BCUT2D eigenvalue weighted by Crippen LogP contribution is -2.37. The molecule has 0 aliphatic rings. The Hall–Kier alpha value is -1.86. The second kappa shape index (κ2) is 5.50. The van der Waals surface area contributed by atoms with Crippen LogP contribution in [0, 0.1) is 0 Å². The van der Waals surface area contributed by atoms with E-state index in [1.54, 1.807) is 7.05 Å². The molecule has 0 bridgehead atoms. The summed E-state index contributed by atoms with van der Waals surface area (Å²) in [4.78, 5) is 3.81. The number of nitrogens with zero attached hydrogens (tertiary/aromatic N) is 2. The third-order valence-electron chi connectivity index (χ3n) is 3.42. The van der Waals surface area contributed by atoms with E-state index in [4.69, 9.17) is 5.73 Å². The predicted molar refractivity (Wildman–Crippen MR) is 82.3 cm³/mol. The quantitative estimate of drug-likeness (QED) is 0.870. The first-order chi connectivity index (χ1) is 9.74. The van der Waals surface area contributed by atoms with E-state index in [0.29, 0.717) is 0 Å². The van der Waals surface area contributed by atoms with E-state index in [0.717, 1.165) is 5.56 Å². The van der Waals surface area contributed by atoms with Crippen LogP contribution in [0.25, 0.3) is 0 Å². The minimum atomic E-state index is -3.69. The zero-order valence-corrected chi connectivity index (χ0v) is 13.2. The second-order valence-electron chi connectivity index (χ2n) is 5.62. The minimum absolute atomic E-state index is 0.00233. The number of nitrogens with two attached hydrogens (primary N) is 1. The van der Waals surface area contributed by atoms with E-state index in [2.05, 4.69) is 9.71 Å². The fraction of sp³-hybridized carbons (Fsp3) is 0.357. The van der Waals surface area contributed by atoms with Crippen molar-refractivity contribution in [1.82, 2.24) is 14.3 Å². The molecule has 114 valence electrons. The lowest BCUT2D eigenvalue weighted by atomic mass is 9.85. The van der Waals surface area contributed by atoms with Crippen molar-refractivity contribution < 1.29 is 8.42 Å². The Morgan fingerprint density at radius 1 is 1.29 bits per heavy atom. The molecule has 0 atom stereocenters. The van der Waals surface area contributed by atoms with Crippen LogP contribution >= 0.6 is 0 Å². The summed E-state index contributed by atoms with van der Waals surface area (Å²) in [5, 5.41) is -0.00800.